The van der Waals surface area contributed by atoms with E-state index >= 15 is 0 Å². The molecule has 0 fully saturated rings. The van der Waals surface area contributed by atoms with Crippen LogP contribution in [0, 0.1) is 0 Å². The molecular weight excluding hydrogens is 597 g/mol. The fourth-order valence-corrected chi connectivity index (χ4v) is 6.17. The number of carboxylic acids is 2. The van der Waals surface area contributed by atoms with Gasteiger partial charge in [0, 0.05) is 0 Å². The van der Waals surface area contributed by atoms with Crippen molar-refractivity contribution in [2.45, 2.75) is 142 Å². The summed E-state index contributed by atoms with van der Waals surface area (Å²) in [5, 5.41) is 20.3. The van der Waals surface area contributed by atoms with Crippen molar-refractivity contribution in [3.8, 4) is 0 Å². The molecule has 0 aliphatic carbocycles. The number of carbonyl (C=O) groups excluding carboxylic acids is 2. The topological polar surface area (TPSA) is 173 Å². The van der Waals surface area contributed by atoms with Crippen LogP contribution in [0.3, 0.4) is 0 Å². The van der Waals surface area contributed by atoms with Gasteiger partial charge in [0.15, 0.2) is 0 Å². The molecule has 0 spiro atoms. The van der Waals surface area contributed by atoms with Gasteiger partial charge in [-0.15, -0.1) is 0 Å². The molecule has 2 N–H and O–H groups in total. The van der Waals surface area contributed by atoms with E-state index in [1.54, 1.807) is 0 Å². The molecule has 0 atom stereocenters. The van der Waals surface area contributed by atoms with Gasteiger partial charge in [0.1, 0.15) is 0 Å². The number of carboxylic acid groups (broad SMARTS) is 2. The van der Waals surface area contributed by atoms with E-state index in [1.807, 2.05) is 9.44 Å². The fraction of sp³-hybridized carbons (Fsp3) is 0.929. The molecule has 0 saturated carbocycles. The van der Waals surface area contributed by atoms with Gasteiger partial charge in [-0.3, -0.25) is 0 Å². The summed E-state index contributed by atoms with van der Waals surface area (Å²) < 4.78 is 49.5. The number of sulfonamides is 2. The van der Waals surface area contributed by atoms with E-state index in [2.05, 4.69) is 13.8 Å². The van der Waals surface area contributed by atoms with E-state index in [0.717, 1.165) is 38.5 Å². The Morgan fingerprint density at radius 2 is 0.683 bits per heavy atom. The number of rotatable bonds is 28. The summed E-state index contributed by atoms with van der Waals surface area (Å²) in [6.45, 7) is 3.13. The molecule has 0 unspecified atom stereocenters. The summed E-state index contributed by atoms with van der Waals surface area (Å²) in [6.07, 6.45) is 22.7. The van der Waals surface area contributed by atoms with Crippen molar-refractivity contribution < 1.29 is 36.6 Å². The van der Waals surface area contributed by atoms with E-state index in [1.165, 1.54) is 77.0 Å². The first-order valence-corrected chi connectivity index (χ1v) is 18.6. The number of nitrogens with one attached hydrogen (secondary N) is 2. The van der Waals surface area contributed by atoms with Crippen molar-refractivity contribution >= 4 is 69.7 Å². The Morgan fingerprint density at radius 1 is 0.463 bits per heavy atom. The predicted octanol–water partition coefficient (Wildman–Crippen LogP) is 2.77. The summed E-state index contributed by atoms with van der Waals surface area (Å²) in [4.78, 5) is 20.3. The molecule has 10 nitrogen and oxygen atoms in total. The average Bonchev–Trinajstić information content (AvgIpc) is 2.89. The fourth-order valence-electron chi connectivity index (χ4n) is 4.04. The summed E-state index contributed by atoms with van der Waals surface area (Å²) >= 11 is 0. The molecule has 0 heterocycles. The maximum absolute atomic E-state index is 11.4. The van der Waals surface area contributed by atoms with Crippen molar-refractivity contribution in [2.24, 2.45) is 0 Å². The summed E-state index contributed by atoms with van der Waals surface area (Å²) in [7, 11) is -6.91. The van der Waals surface area contributed by atoms with Gasteiger partial charge in [-0.05, 0) is 12.8 Å². The second kappa shape index (κ2) is 31.4. The van der Waals surface area contributed by atoms with Crippen LogP contribution in [-0.4, -0.2) is 91.1 Å². The van der Waals surface area contributed by atoms with Gasteiger partial charge in [0.25, 0.3) is 0 Å². The number of unbranched alkanes of at least 4 members (excludes halogenated alkanes) is 18. The first-order valence-electron chi connectivity index (χ1n) is 15.3. The zero-order chi connectivity index (χ0) is 30.5. The molecule has 0 aliphatic heterocycles. The van der Waals surface area contributed by atoms with E-state index < -0.39 is 45.1 Å². The predicted molar refractivity (Wildman–Crippen MR) is 163 cm³/mol. The van der Waals surface area contributed by atoms with Gasteiger partial charge >= 0.3 is 37.7 Å². The molecule has 0 bridgehead atoms. The molecule has 41 heavy (non-hydrogen) atoms. The third kappa shape index (κ3) is 40.0. The van der Waals surface area contributed by atoms with Crippen LogP contribution in [0.2, 0.25) is 0 Å². The van der Waals surface area contributed by atoms with E-state index in [4.69, 9.17) is 0 Å². The zero-order valence-corrected chi connectivity index (χ0v) is 29.6. The number of hydrogen-bond donors (Lipinski definition) is 2. The maximum atomic E-state index is 11.4. The van der Waals surface area contributed by atoms with Gasteiger partial charge in [0.2, 0.25) is 20.0 Å². The Kier molecular flexibility index (Phi) is 34.9. The van der Waals surface area contributed by atoms with Gasteiger partial charge in [-0.1, -0.05) is 129 Å². The van der Waals surface area contributed by atoms with Crippen LogP contribution >= 0.6 is 0 Å². The number of carbonyl (C=O) groups is 2. The van der Waals surface area contributed by atoms with Crippen LogP contribution in [0.1, 0.15) is 142 Å². The molecule has 0 rings (SSSR count). The van der Waals surface area contributed by atoms with Crippen LogP contribution in [0.5, 0.6) is 0 Å². The average molecular weight is 653 g/mol. The zero-order valence-electron chi connectivity index (χ0n) is 25.8. The van der Waals surface area contributed by atoms with Gasteiger partial charge in [0.05, 0.1) is 36.5 Å². The first-order chi connectivity index (χ1) is 19.0. The molecule has 0 aliphatic rings. The minimum atomic E-state index is -3.46. The van der Waals surface area contributed by atoms with Gasteiger partial charge in [-0.2, -0.15) is 0 Å². The van der Waals surface area contributed by atoms with Gasteiger partial charge in [-0.25, -0.2) is 26.3 Å². The summed E-state index contributed by atoms with van der Waals surface area (Å²) in [5.74, 6) is -2.82. The van der Waals surface area contributed by atoms with Crippen molar-refractivity contribution in [3.63, 3.8) is 0 Å². The molecule has 0 aromatic carbocycles. The molecule has 0 aromatic rings. The second-order valence-electron chi connectivity index (χ2n) is 10.4. The maximum Gasteiger partial charge on any atom is 2.00 e. The second-order valence-corrected chi connectivity index (χ2v) is 14.2. The van der Waals surface area contributed by atoms with Crippen LogP contribution in [0.25, 0.3) is 0 Å². The SMILES string of the molecule is CCCCCCCCCCCCS(=O)(=O)NCC(=O)[O-].CCCCCCCCCCCCS(=O)(=O)NCC(=O)[O-].[Ca+2]. The molecule has 13 heteroatoms. The van der Waals surface area contributed by atoms with Crippen molar-refractivity contribution in [2.75, 3.05) is 24.6 Å². The smallest absolute Gasteiger partial charge is 0.549 e. The molecular formula is C28H56CaN2O8S2. The van der Waals surface area contributed by atoms with Crippen molar-refractivity contribution in [3.05, 3.63) is 0 Å². The molecule has 0 amide bonds. The Bertz CT molecular complexity index is 757. The monoisotopic (exact) mass is 652 g/mol. The van der Waals surface area contributed by atoms with Crippen molar-refractivity contribution in [1.29, 1.82) is 0 Å². The first kappa shape index (κ1) is 45.4. The summed E-state index contributed by atoms with van der Waals surface area (Å²) in [5.41, 5.74) is 0. The van der Waals surface area contributed by atoms with Gasteiger partial charge < -0.3 is 19.8 Å². The number of aliphatic carboxylic acids is 2. The van der Waals surface area contributed by atoms with E-state index in [9.17, 15) is 36.6 Å². The van der Waals surface area contributed by atoms with Crippen LogP contribution in [-0.2, 0) is 29.6 Å². The Hall–Kier alpha value is 0.0197. The van der Waals surface area contributed by atoms with Crippen molar-refractivity contribution in [1.82, 2.24) is 9.44 Å². The standard InChI is InChI=1S/2C14H29NO4S.Ca/c2*1-2-3-4-5-6-7-8-9-10-11-12-20(18,19)15-13-14(16)17;/h2*15H,2-13H2,1H3,(H,16,17);/q;;+2/p-2. The minimum absolute atomic E-state index is 0. The minimum Gasteiger partial charge on any atom is -0.549 e. The Balaban J connectivity index is -0.000000688. The summed E-state index contributed by atoms with van der Waals surface area (Å²) in [6, 6.07) is 0. The normalized spacial score (nSPS) is 11.4. The quantitative estimate of drug-likeness (QED) is 0.0959. The van der Waals surface area contributed by atoms with E-state index in [-0.39, 0.29) is 49.2 Å². The van der Waals surface area contributed by atoms with Crippen LogP contribution in [0.15, 0.2) is 0 Å². The molecule has 0 saturated heterocycles. The van der Waals surface area contributed by atoms with Crippen LogP contribution < -0.4 is 19.7 Å². The van der Waals surface area contributed by atoms with E-state index in [0.29, 0.717) is 12.8 Å². The third-order valence-electron chi connectivity index (χ3n) is 6.41. The number of hydrogen-bond acceptors (Lipinski definition) is 8. The van der Waals surface area contributed by atoms with Crippen LogP contribution in [0.4, 0.5) is 0 Å². The Morgan fingerprint density at radius 3 is 0.902 bits per heavy atom. The molecule has 0 aromatic heterocycles. The molecule has 0 radical (unpaired) electrons. The largest absolute Gasteiger partial charge is 2.00 e. The third-order valence-corrected chi connectivity index (χ3v) is 9.23. The Labute approximate surface area is 280 Å². The molecule has 240 valence electrons.